The largest absolute Gasteiger partial charge is 0.496 e. The van der Waals surface area contributed by atoms with Gasteiger partial charge in [0.15, 0.2) is 0 Å². The first-order valence-electron chi connectivity index (χ1n) is 7.90. The second kappa shape index (κ2) is 8.37. The monoisotopic (exact) mass is 292 g/mol. The third-order valence-electron chi connectivity index (χ3n) is 4.10. The number of nitrogens with two attached hydrogens (primary N) is 1. The number of likely N-dealkylation sites (tertiary alicyclic amines) is 1. The van der Waals surface area contributed by atoms with Crippen molar-refractivity contribution in [3.05, 3.63) is 29.3 Å². The van der Waals surface area contributed by atoms with Gasteiger partial charge in [-0.15, -0.1) is 0 Å². The first-order chi connectivity index (χ1) is 10.2. The molecule has 2 rings (SSSR count). The summed E-state index contributed by atoms with van der Waals surface area (Å²) in [5.41, 5.74) is 8.05. The van der Waals surface area contributed by atoms with Crippen molar-refractivity contribution in [1.82, 2.24) is 4.90 Å². The summed E-state index contributed by atoms with van der Waals surface area (Å²) in [6, 6.07) is 6.45. The van der Waals surface area contributed by atoms with Gasteiger partial charge < -0.3 is 15.2 Å². The number of ether oxygens (including phenoxy) is 2. The van der Waals surface area contributed by atoms with E-state index in [-0.39, 0.29) is 0 Å². The lowest BCUT2D eigenvalue weighted by atomic mass is 10.1. The molecule has 1 aliphatic heterocycles. The molecule has 2 N–H and O–H groups in total. The lowest BCUT2D eigenvalue weighted by molar-refractivity contribution is 0.00563. The zero-order valence-electron chi connectivity index (χ0n) is 13.3. The Hall–Kier alpha value is -1.10. The topological polar surface area (TPSA) is 47.7 Å². The van der Waals surface area contributed by atoms with Crippen molar-refractivity contribution in [2.24, 2.45) is 5.73 Å². The van der Waals surface area contributed by atoms with Crippen molar-refractivity contribution in [2.45, 2.75) is 38.8 Å². The third kappa shape index (κ3) is 4.99. The van der Waals surface area contributed by atoms with E-state index in [2.05, 4.69) is 30.0 Å². The van der Waals surface area contributed by atoms with Crippen LogP contribution in [-0.4, -0.2) is 44.4 Å². The Morgan fingerprint density at radius 3 is 2.67 bits per heavy atom. The molecule has 118 valence electrons. The van der Waals surface area contributed by atoms with Crippen molar-refractivity contribution < 1.29 is 9.47 Å². The molecule has 4 nitrogen and oxygen atoms in total. The normalized spacial score (nSPS) is 17.1. The van der Waals surface area contributed by atoms with E-state index >= 15 is 0 Å². The van der Waals surface area contributed by atoms with Crippen LogP contribution in [0.25, 0.3) is 0 Å². The van der Waals surface area contributed by atoms with Crippen molar-refractivity contribution in [3.8, 4) is 5.75 Å². The molecule has 0 aromatic heterocycles. The maximum atomic E-state index is 5.85. The van der Waals surface area contributed by atoms with Crippen molar-refractivity contribution in [1.29, 1.82) is 0 Å². The minimum Gasteiger partial charge on any atom is -0.496 e. The Morgan fingerprint density at radius 2 is 2.05 bits per heavy atom. The van der Waals surface area contributed by atoms with E-state index in [1.54, 1.807) is 7.11 Å². The highest BCUT2D eigenvalue weighted by molar-refractivity contribution is 5.36. The maximum Gasteiger partial charge on any atom is 0.121 e. The average Bonchev–Trinajstić information content (AvgIpc) is 2.49. The number of nitrogens with zero attached hydrogens (tertiary/aromatic N) is 1. The fourth-order valence-corrected chi connectivity index (χ4v) is 2.86. The minimum atomic E-state index is 0.422. The van der Waals surface area contributed by atoms with Crippen molar-refractivity contribution in [2.75, 3.05) is 33.4 Å². The molecule has 1 saturated heterocycles. The molecule has 0 unspecified atom stereocenters. The Balaban J connectivity index is 1.77. The molecule has 0 saturated carbocycles. The van der Waals surface area contributed by atoms with Crippen LogP contribution in [0.4, 0.5) is 0 Å². The predicted octanol–water partition coefficient (Wildman–Crippen LogP) is 2.33. The fraction of sp³-hybridized carbons (Fsp3) is 0.647. The summed E-state index contributed by atoms with van der Waals surface area (Å²) in [5.74, 6) is 0.964. The van der Waals surface area contributed by atoms with Crippen molar-refractivity contribution >= 4 is 0 Å². The molecule has 4 heteroatoms. The highest BCUT2D eigenvalue weighted by Gasteiger charge is 2.19. The average molecular weight is 292 g/mol. The van der Waals surface area contributed by atoms with E-state index < -0.39 is 0 Å². The van der Waals surface area contributed by atoms with Crippen LogP contribution in [0, 0.1) is 6.92 Å². The molecule has 0 atom stereocenters. The third-order valence-corrected chi connectivity index (χ3v) is 4.10. The standard InChI is InChI=1S/C17H28N2O2/c1-14-12-15(4-5-17(14)20-2)13-19-9-6-16(7-10-19)21-11-3-8-18/h4-5,12,16H,3,6-11,13,18H2,1-2H3. The molecule has 1 fully saturated rings. The van der Waals surface area contributed by atoms with Gasteiger partial charge in [-0.1, -0.05) is 12.1 Å². The minimum absolute atomic E-state index is 0.422. The van der Waals surface area contributed by atoms with Gasteiger partial charge >= 0.3 is 0 Å². The fourth-order valence-electron chi connectivity index (χ4n) is 2.86. The molecule has 0 aliphatic carbocycles. The number of hydrogen-bond acceptors (Lipinski definition) is 4. The van der Waals surface area contributed by atoms with Gasteiger partial charge in [0.05, 0.1) is 13.2 Å². The molecule has 1 aromatic carbocycles. The summed E-state index contributed by atoms with van der Waals surface area (Å²) in [7, 11) is 1.72. The van der Waals surface area contributed by atoms with E-state index in [0.717, 1.165) is 57.8 Å². The van der Waals surface area contributed by atoms with Crippen LogP contribution >= 0.6 is 0 Å². The Labute approximate surface area is 128 Å². The van der Waals surface area contributed by atoms with Gasteiger partial charge in [-0.05, 0) is 49.9 Å². The first-order valence-corrected chi connectivity index (χ1v) is 7.90. The molecular weight excluding hydrogens is 264 g/mol. The number of methoxy groups -OCH3 is 1. The molecule has 21 heavy (non-hydrogen) atoms. The molecule has 0 amide bonds. The molecule has 0 spiro atoms. The van der Waals surface area contributed by atoms with E-state index in [9.17, 15) is 0 Å². The van der Waals surface area contributed by atoms with Gasteiger partial charge in [-0.2, -0.15) is 0 Å². The lowest BCUT2D eigenvalue weighted by Crippen LogP contribution is -2.36. The summed E-state index contributed by atoms with van der Waals surface area (Å²) in [6.45, 7) is 6.85. The van der Waals surface area contributed by atoms with Crippen LogP contribution in [0.15, 0.2) is 18.2 Å². The van der Waals surface area contributed by atoms with E-state index in [4.69, 9.17) is 15.2 Å². The zero-order chi connectivity index (χ0) is 15.1. The zero-order valence-corrected chi connectivity index (χ0v) is 13.3. The van der Waals surface area contributed by atoms with E-state index in [1.807, 2.05) is 0 Å². The van der Waals surface area contributed by atoms with Crippen molar-refractivity contribution in [3.63, 3.8) is 0 Å². The van der Waals surface area contributed by atoms with Gasteiger partial charge in [0.1, 0.15) is 5.75 Å². The molecule has 0 bridgehead atoms. The molecule has 1 aromatic rings. The van der Waals surface area contributed by atoms with Crippen LogP contribution in [0.3, 0.4) is 0 Å². The Morgan fingerprint density at radius 1 is 1.29 bits per heavy atom. The lowest BCUT2D eigenvalue weighted by Gasteiger charge is -2.32. The summed E-state index contributed by atoms with van der Waals surface area (Å²) < 4.78 is 11.2. The van der Waals surface area contributed by atoms with Crippen LogP contribution in [0.1, 0.15) is 30.4 Å². The van der Waals surface area contributed by atoms with Crippen LogP contribution < -0.4 is 10.5 Å². The van der Waals surface area contributed by atoms with Gasteiger partial charge in [0.25, 0.3) is 0 Å². The highest BCUT2D eigenvalue weighted by atomic mass is 16.5. The second-order valence-electron chi connectivity index (χ2n) is 5.79. The van der Waals surface area contributed by atoms with Gasteiger partial charge in [0.2, 0.25) is 0 Å². The molecule has 1 heterocycles. The maximum absolute atomic E-state index is 5.85. The summed E-state index contributed by atoms with van der Waals surface area (Å²) in [4.78, 5) is 2.50. The van der Waals surface area contributed by atoms with Gasteiger partial charge in [-0.3, -0.25) is 4.90 Å². The van der Waals surface area contributed by atoms with Crippen LogP contribution in [0.5, 0.6) is 5.75 Å². The second-order valence-corrected chi connectivity index (χ2v) is 5.79. The van der Waals surface area contributed by atoms with Gasteiger partial charge in [0, 0.05) is 26.2 Å². The quantitative estimate of drug-likeness (QED) is 0.784. The number of piperidine rings is 1. The highest BCUT2D eigenvalue weighted by Crippen LogP contribution is 2.21. The van der Waals surface area contributed by atoms with E-state index in [1.165, 1.54) is 11.1 Å². The molecule has 0 radical (unpaired) electrons. The number of hydrogen-bond donors (Lipinski definition) is 1. The summed E-state index contributed by atoms with van der Waals surface area (Å²) in [6.07, 6.45) is 3.63. The Bertz CT molecular complexity index is 429. The summed E-state index contributed by atoms with van der Waals surface area (Å²) in [5, 5.41) is 0. The van der Waals surface area contributed by atoms with E-state index in [0.29, 0.717) is 6.10 Å². The summed E-state index contributed by atoms with van der Waals surface area (Å²) >= 11 is 0. The Kier molecular flexibility index (Phi) is 6.49. The first kappa shape index (κ1) is 16.3. The van der Waals surface area contributed by atoms with Gasteiger partial charge in [-0.25, -0.2) is 0 Å². The van der Waals surface area contributed by atoms with Crippen LogP contribution in [-0.2, 0) is 11.3 Å². The number of aryl methyl sites for hydroxylation is 1. The number of benzene rings is 1. The molecule has 1 aliphatic rings. The number of rotatable bonds is 7. The molecular formula is C17H28N2O2. The predicted molar refractivity (Wildman–Crippen MR) is 85.7 cm³/mol. The smallest absolute Gasteiger partial charge is 0.121 e. The SMILES string of the molecule is COc1ccc(CN2CCC(OCCCN)CC2)cc1C. The van der Waals surface area contributed by atoms with Crippen LogP contribution in [0.2, 0.25) is 0 Å².